The molecule has 4 rings (SSSR count). The van der Waals surface area contributed by atoms with Gasteiger partial charge in [-0.05, 0) is 89.4 Å². The third-order valence-corrected chi connectivity index (χ3v) is 10.1. The Balaban J connectivity index is 1.63. The molecule has 4 atom stereocenters. The standard InChI is InChI=1S/C35H49N5O9S/c1-22-19-40(23(2)21-41)34(42)30-18-27(38-50(44,45)29-14-12-28(46-7)13-15-29)11-16-31(30)48-24(3)10-8-9-17-47-32(22)20-39(6)35(43)36-33-25(4)37-49-26(33)5/h11-16,18,22-24,32,38,41H,8-10,17,19-21H2,1-7H3,(H,36,43)/t22-,23+,24-,32-/m0/s1. The number of sulfonamides is 1. The number of ether oxygens (including phenoxy) is 3. The van der Waals surface area contributed by atoms with Crippen LogP contribution in [0.1, 0.15) is 61.8 Å². The summed E-state index contributed by atoms with van der Waals surface area (Å²) >= 11 is 0. The number of carbonyl (C=O) groups excluding carboxylic acids is 2. The van der Waals surface area contributed by atoms with Crippen molar-refractivity contribution in [2.75, 3.05) is 50.5 Å². The zero-order valence-corrected chi connectivity index (χ0v) is 30.6. The number of benzene rings is 2. The van der Waals surface area contributed by atoms with Crippen molar-refractivity contribution in [3.8, 4) is 11.5 Å². The number of hydrogen-bond acceptors (Lipinski definition) is 10. The summed E-state index contributed by atoms with van der Waals surface area (Å²) in [5.74, 6) is 0.572. The van der Waals surface area contributed by atoms with Crippen LogP contribution in [0.4, 0.5) is 16.2 Å². The number of methoxy groups -OCH3 is 1. The fraction of sp³-hybridized carbons (Fsp3) is 0.514. The Kier molecular flexibility index (Phi) is 13.1. The minimum absolute atomic E-state index is 0.0235. The number of nitrogens with zero attached hydrogens (tertiary/aromatic N) is 3. The second-order valence-electron chi connectivity index (χ2n) is 12.8. The first-order chi connectivity index (χ1) is 23.7. The van der Waals surface area contributed by atoms with Gasteiger partial charge in [0.2, 0.25) is 0 Å². The van der Waals surface area contributed by atoms with E-state index in [1.54, 1.807) is 52.1 Å². The molecular weight excluding hydrogens is 666 g/mol. The van der Waals surface area contributed by atoms with E-state index in [1.165, 1.54) is 35.1 Å². The maximum Gasteiger partial charge on any atom is 0.321 e. The van der Waals surface area contributed by atoms with Crippen LogP contribution in [-0.2, 0) is 14.8 Å². The molecule has 0 spiro atoms. The quantitative estimate of drug-likeness (QED) is 0.272. The number of nitrogens with one attached hydrogen (secondary N) is 2. The normalized spacial score (nSPS) is 19.8. The number of aromatic nitrogens is 1. The molecule has 1 aliphatic rings. The Morgan fingerprint density at radius 3 is 2.52 bits per heavy atom. The zero-order chi connectivity index (χ0) is 36.6. The Labute approximate surface area is 294 Å². The van der Waals surface area contributed by atoms with Gasteiger partial charge < -0.3 is 39.0 Å². The van der Waals surface area contributed by atoms with Gasteiger partial charge in [0.1, 0.15) is 22.9 Å². The first-order valence-electron chi connectivity index (χ1n) is 16.7. The molecular formula is C35H49N5O9S. The summed E-state index contributed by atoms with van der Waals surface area (Å²) in [6.07, 6.45) is 1.50. The molecule has 14 nitrogen and oxygen atoms in total. The molecule has 0 radical (unpaired) electrons. The molecule has 2 heterocycles. The van der Waals surface area contributed by atoms with Crippen molar-refractivity contribution in [3.05, 3.63) is 59.5 Å². The van der Waals surface area contributed by atoms with Gasteiger partial charge >= 0.3 is 6.03 Å². The van der Waals surface area contributed by atoms with Gasteiger partial charge in [0.05, 0.1) is 42.4 Å². The summed E-state index contributed by atoms with van der Waals surface area (Å²) in [4.78, 5) is 30.7. The molecule has 0 unspecified atom stereocenters. The lowest BCUT2D eigenvalue weighted by Crippen LogP contribution is -2.48. The van der Waals surface area contributed by atoms with Gasteiger partial charge in [-0.3, -0.25) is 9.52 Å². The second kappa shape index (κ2) is 17.1. The van der Waals surface area contributed by atoms with E-state index in [0.717, 1.165) is 12.8 Å². The van der Waals surface area contributed by atoms with Crippen LogP contribution in [0.2, 0.25) is 0 Å². The Morgan fingerprint density at radius 1 is 1.16 bits per heavy atom. The Hall–Kier alpha value is -4.34. The predicted molar refractivity (Wildman–Crippen MR) is 188 cm³/mol. The van der Waals surface area contributed by atoms with Gasteiger partial charge in [0.25, 0.3) is 15.9 Å². The number of carbonyl (C=O) groups is 2. The van der Waals surface area contributed by atoms with Crippen LogP contribution in [0.3, 0.4) is 0 Å². The topological polar surface area (TPSA) is 173 Å². The molecule has 15 heteroatoms. The van der Waals surface area contributed by atoms with E-state index < -0.39 is 28.1 Å². The number of fused-ring (bicyclic) bond motifs is 1. The van der Waals surface area contributed by atoms with Crippen LogP contribution >= 0.6 is 0 Å². The van der Waals surface area contributed by atoms with Crippen molar-refractivity contribution < 1.29 is 41.8 Å². The van der Waals surface area contributed by atoms with E-state index in [4.69, 9.17) is 18.7 Å². The molecule has 3 amide bonds. The fourth-order valence-corrected chi connectivity index (χ4v) is 6.68. The summed E-state index contributed by atoms with van der Waals surface area (Å²) in [5.41, 5.74) is 1.39. The van der Waals surface area contributed by atoms with Crippen molar-refractivity contribution >= 4 is 33.3 Å². The minimum Gasteiger partial charge on any atom is -0.497 e. The number of aliphatic hydroxyl groups is 1. The molecule has 0 fully saturated rings. The van der Waals surface area contributed by atoms with Crippen LogP contribution in [0.25, 0.3) is 0 Å². The number of amides is 3. The van der Waals surface area contributed by atoms with Gasteiger partial charge in [-0.2, -0.15) is 0 Å². The number of aryl methyl sites for hydroxylation is 2. The molecule has 3 N–H and O–H groups in total. The lowest BCUT2D eigenvalue weighted by Gasteiger charge is -2.35. The van der Waals surface area contributed by atoms with Crippen LogP contribution in [-0.4, -0.2) is 99.1 Å². The predicted octanol–water partition coefficient (Wildman–Crippen LogP) is 5.06. The highest BCUT2D eigenvalue weighted by molar-refractivity contribution is 7.92. The third kappa shape index (κ3) is 9.67. The molecule has 0 aliphatic carbocycles. The van der Waals surface area contributed by atoms with Crippen molar-refractivity contribution in [1.82, 2.24) is 15.0 Å². The summed E-state index contributed by atoms with van der Waals surface area (Å²) in [7, 11) is -0.849. The number of likely N-dealkylation sites (N-methyl/N-ethyl adjacent to an activating group) is 1. The molecule has 1 aliphatic heterocycles. The van der Waals surface area contributed by atoms with Crippen LogP contribution < -0.4 is 19.5 Å². The monoisotopic (exact) mass is 715 g/mol. The molecule has 0 saturated heterocycles. The van der Waals surface area contributed by atoms with Crippen LogP contribution in [0.15, 0.2) is 51.9 Å². The van der Waals surface area contributed by atoms with Crippen molar-refractivity contribution in [3.63, 3.8) is 0 Å². The van der Waals surface area contributed by atoms with E-state index in [0.29, 0.717) is 41.7 Å². The van der Waals surface area contributed by atoms with Crippen LogP contribution in [0, 0.1) is 19.8 Å². The average Bonchev–Trinajstić information content (AvgIpc) is 3.41. The van der Waals surface area contributed by atoms with Gasteiger partial charge in [-0.25, -0.2) is 13.2 Å². The summed E-state index contributed by atoms with van der Waals surface area (Å²) in [6.45, 7) is 9.54. The van der Waals surface area contributed by atoms with Gasteiger partial charge in [0.15, 0.2) is 5.76 Å². The fourth-order valence-electron chi connectivity index (χ4n) is 5.63. The zero-order valence-electron chi connectivity index (χ0n) is 29.8. The van der Waals surface area contributed by atoms with Crippen molar-refractivity contribution in [1.29, 1.82) is 0 Å². The number of anilines is 2. The van der Waals surface area contributed by atoms with E-state index >= 15 is 0 Å². The molecule has 274 valence electrons. The smallest absolute Gasteiger partial charge is 0.321 e. The molecule has 3 aromatic rings. The van der Waals surface area contributed by atoms with Gasteiger partial charge in [-0.1, -0.05) is 12.1 Å². The number of urea groups is 1. The highest BCUT2D eigenvalue weighted by Crippen LogP contribution is 2.30. The highest BCUT2D eigenvalue weighted by Gasteiger charge is 2.31. The SMILES string of the molecule is COc1ccc(S(=O)(=O)Nc2ccc3c(c2)C(=O)N([C@H](C)CO)C[C@H](C)[C@H](CN(C)C(=O)Nc2c(C)noc2C)OCCCC[C@H](C)O3)cc1. The van der Waals surface area contributed by atoms with E-state index in [9.17, 15) is 23.1 Å². The number of rotatable bonds is 9. The first kappa shape index (κ1) is 38.5. The summed E-state index contributed by atoms with van der Waals surface area (Å²) in [6, 6.07) is 9.58. The van der Waals surface area contributed by atoms with Gasteiger partial charge in [-0.15, -0.1) is 0 Å². The highest BCUT2D eigenvalue weighted by atomic mass is 32.2. The average molecular weight is 716 g/mol. The van der Waals surface area contributed by atoms with E-state index in [2.05, 4.69) is 15.2 Å². The number of aliphatic hydroxyl groups excluding tert-OH is 1. The van der Waals surface area contributed by atoms with Crippen LogP contribution in [0.5, 0.6) is 11.5 Å². The lowest BCUT2D eigenvalue weighted by molar-refractivity contribution is -0.0115. The third-order valence-electron chi connectivity index (χ3n) is 8.74. The molecule has 0 saturated carbocycles. The van der Waals surface area contributed by atoms with E-state index in [1.807, 2.05) is 13.8 Å². The first-order valence-corrected chi connectivity index (χ1v) is 18.2. The molecule has 0 bridgehead atoms. The number of hydrogen-bond donors (Lipinski definition) is 3. The Bertz CT molecular complexity index is 1690. The van der Waals surface area contributed by atoms with Crippen molar-refractivity contribution in [2.45, 2.75) is 77.0 Å². The van der Waals surface area contributed by atoms with Crippen molar-refractivity contribution in [2.24, 2.45) is 5.92 Å². The van der Waals surface area contributed by atoms with E-state index in [-0.39, 0.29) is 53.9 Å². The Morgan fingerprint density at radius 2 is 1.88 bits per heavy atom. The lowest BCUT2D eigenvalue weighted by atomic mass is 10.0. The second-order valence-corrected chi connectivity index (χ2v) is 14.5. The maximum atomic E-state index is 14.4. The summed E-state index contributed by atoms with van der Waals surface area (Å²) < 4.78 is 52.0. The minimum atomic E-state index is -4.01. The molecule has 50 heavy (non-hydrogen) atoms. The summed E-state index contributed by atoms with van der Waals surface area (Å²) in [5, 5.41) is 17.0. The largest absolute Gasteiger partial charge is 0.497 e. The maximum absolute atomic E-state index is 14.4. The molecule has 2 aromatic carbocycles. The van der Waals surface area contributed by atoms with Gasteiger partial charge in [0, 0.05) is 38.3 Å². The molecule has 1 aromatic heterocycles.